The molecule has 0 bridgehead atoms. The van der Waals surface area contributed by atoms with Crippen molar-refractivity contribution in [3.63, 3.8) is 0 Å². The maximum atomic E-state index is 13.1. The van der Waals surface area contributed by atoms with E-state index in [0.717, 1.165) is 28.0 Å². The van der Waals surface area contributed by atoms with Crippen molar-refractivity contribution in [2.45, 2.75) is 58.0 Å². The van der Waals surface area contributed by atoms with Gasteiger partial charge >= 0.3 is 5.97 Å². The molecule has 1 spiro atoms. The lowest BCUT2D eigenvalue weighted by Gasteiger charge is -2.30. The fourth-order valence-electron chi connectivity index (χ4n) is 4.08. The van der Waals surface area contributed by atoms with Crippen molar-refractivity contribution in [3.05, 3.63) is 34.4 Å². The number of carbonyl (C=O) groups is 2. The second kappa shape index (κ2) is 6.04. The fourth-order valence-corrected chi connectivity index (χ4v) is 4.08. The first-order valence-electron chi connectivity index (χ1n) is 8.32. The van der Waals surface area contributed by atoms with Crippen LogP contribution in [0.5, 0.6) is 0 Å². The van der Waals surface area contributed by atoms with Gasteiger partial charge in [-0.1, -0.05) is 22.9 Å². The van der Waals surface area contributed by atoms with Crippen molar-refractivity contribution in [1.82, 2.24) is 0 Å². The number of esters is 1. The Morgan fingerprint density at radius 1 is 1.12 bits per heavy atom. The van der Waals surface area contributed by atoms with Gasteiger partial charge in [0.1, 0.15) is 13.0 Å². The normalized spacial score (nSPS) is 26.7. The molecule has 5 heteroatoms. The van der Waals surface area contributed by atoms with Gasteiger partial charge in [-0.05, 0) is 63.1 Å². The summed E-state index contributed by atoms with van der Waals surface area (Å²) in [7, 11) is 1.51. The molecule has 0 aromatic heterocycles. The Balaban J connectivity index is 1.93. The average molecular weight is 329 g/mol. The number of ketones is 1. The van der Waals surface area contributed by atoms with Crippen LogP contribution in [0, 0.1) is 20.8 Å². The van der Waals surface area contributed by atoms with E-state index in [9.17, 15) is 9.59 Å². The van der Waals surface area contributed by atoms with Crippen molar-refractivity contribution in [2.24, 2.45) is 5.16 Å². The molecular formula is C19H23NO4. The number of hydrogen-bond donors (Lipinski definition) is 0. The quantitative estimate of drug-likeness (QED) is 0.475. The second-order valence-electron chi connectivity index (χ2n) is 6.87. The number of aryl methyl sites for hydroxylation is 3. The summed E-state index contributed by atoms with van der Waals surface area (Å²) in [6.45, 7) is 5.91. The van der Waals surface area contributed by atoms with Crippen LogP contribution in [0.4, 0.5) is 0 Å². The van der Waals surface area contributed by atoms with Gasteiger partial charge in [0.25, 0.3) is 0 Å². The first kappa shape index (κ1) is 16.7. The van der Waals surface area contributed by atoms with E-state index in [1.54, 1.807) is 0 Å². The van der Waals surface area contributed by atoms with E-state index in [0.29, 0.717) is 25.7 Å². The molecule has 2 fully saturated rings. The molecule has 5 nitrogen and oxygen atoms in total. The van der Waals surface area contributed by atoms with Crippen molar-refractivity contribution in [1.29, 1.82) is 0 Å². The summed E-state index contributed by atoms with van der Waals surface area (Å²) in [6.07, 6.45) is 2.21. The molecule has 1 saturated heterocycles. The van der Waals surface area contributed by atoms with Crippen LogP contribution in [0.3, 0.4) is 0 Å². The maximum Gasteiger partial charge on any atom is 0.322 e. The molecule has 3 rings (SSSR count). The smallest absolute Gasteiger partial charge is 0.322 e. The third-order valence-corrected chi connectivity index (χ3v) is 5.12. The van der Waals surface area contributed by atoms with Crippen LogP contribution >= 0.6 is 0 Å². The van der Waals surface area contributed by atoms with Crippen molar-refractivity contribution in [2.75, 3.05) is 7.11 Å². The van der Waals surface area contributed by atoms with E-state index >= 15 is 0 Å². The minimum Gasteiger partial charge on any atom is -0.450 e. The highest BCUT2D eigenvalue weighted by Gasteiger charge is 2.56. The largest absolute Gasteiger partial charge is 0.450 e. The van der Waals surface area contributed by atoms with Gasteiger partial charge in [-0.15, -0.1) is 0 Å². The van der Waals surface area contributed by atoms with Crippen LogP contribution < -0.4 is 0 Å². The third-order valence-electron chi connectivity index (χ3n) is 5.12. The molecular weight excluding hydrogens is 306 g/mol. The number of Topliss-reactive ketones (excluding diaryl/α,β-unsaturated/α-hetero) is 1. The zero-order chi connectivity index (χ0) is 17.5. The summed E-state index contributed by atoms with van der Waals surface area (Å²) >= 11 is 0. The summed E-state index contributed by atoms with van der Waals surface area (Å²) in [5.41, 5.74) is 3.80. The van der Waals surface area contributed by atoms with Crippen LogP contribution in [0.25, 0.3) is 0 Å². The van der Waals surface area contributed by atoms with E-state index in [4.69, 9.17) is 9.57 Å². The fraction of sp³-hybridized carbons (Fsp3) is 0.526. The van der Waals surface area contributed by atoms with Gasteiger partial charge in [-0.25, -0.2) is 0 Å². The first-order valence-corrected chi connectivity index (χ1v) is 8.32. The van der Waals surface area contributed by atoms with Gasteiger partial charge in [-0.2, -0.15) is 0 Å². The van der Waals surface area contributed by atoms with Crippen molar-refractivity contribution in [3.8, 4) is 0 Å². The average Bonchev–Trinajstić information content (AvgIpc) is 2.74. The first-order chi connectivity index (χ1) is 11.4. The van der Waals surface area contributed by atoms with Crippen LogP contribution in [0.2, 0.25) is 0 Å². The number of benzene rings is 1. The minimum absolute atomic E-state index is 0.0981. The summed E-state index contributed by atoms with van der Waals surface area (Å²) < 4.78 is 5.65. The zero-order valence-electron chi connectivity index (χ0n) is 14.6. The predicted molar refractivity (Wildman–Crippen MR) is 90.1 cm³/mol. The predicted octanol–water partition coefficient (Wildman–Crippen LogP) is 3.14. The molecule has 24 heavy (non-hydrogen) atoms. The molecule has 1 atom stereocenters. The molecule has 1 saturated carbocycles. The molecule has 128 valence electrons. The Labute approximate surface area is 142 Å². The number of hydrogen-bond acceptors (Lipinski definition) is 5. The topological polar surface area (TPSA) is 65.0 Å². The molecule has 1 aromatic carbocycles. The minimum atomic E-state index is -0.988. The highest BCUT2D eigenvalue weighted by Crippen LogP contribution is 2.44. The summed E-state index contributed by atoms with van der Waals surface area (Å²) in [5, 5.41) is 3.96. The van der Waals surface area contributed by atoms with E-state index in [1.807, 2.05) is 32.9 Å². The zero-order valence-corrected chi connectivity index (χ0v) is 14.6. The maximum absolute atomic E-state index is 13.1. The molecule has 0 amide bonds. The van der Waals surface area contributed by atoms with Crippen LogP contribution in [0.15, 0.2) is 17.3 Å². The Kier molecular flexibility index (Phi) is 4.20. The lowest BCUT2D eigenvalue weighted by Crippen LogP contribution is -2.41. The highest BCUT2D eigenvalue weighted by atomic mass is 16.6. The summed E-state index contributed by atoms with van der Waals surface area (Å²) in [5.74, 6) is -1.31. The van der Waals surface area contributed by atoms with Crippen molar-refractivity contribution < 1.29 is 19.2 Å². The SMILES string of the molecule is CON=C1CCC2(CC1)OC(=O)C(c1c(C)cc(C)cc1C)C2=O. The Morgan fingerprint density at radius 3 is 2.25 bits per heavy atom. The molecule has 1 aromatic rings. The van der Waals surface area contributed by atoms with Gasteiger partial charge in [0.05, 0.1) is 5.71 Å². The Hall–Kier alpha value is -2.17. The van der Waals surface area contributed by atoms with E-state index in [1.165, 1.54) is 7.11 Å². The van der Waals surface area contributed by atoms with Gasteiger partial charge < -0.3 is 9.57 Å². The van der Waals surface area contributed by atoms with E-state index in [2.05, 4.69) is 5.16 Å². The van der Waals surface area contributed by atoms with Gasteiger partial charge in [0.15, 0.2) is 11.4 Å². The van der Waals surface area contributed by atoms with Gasteiger partial charge in [0.2, 0.25) is 0 Å². The molecule has 0 N–H and O–H groups in total. The molecule has 1 aliphatic carbocycles. The molecule has 2 aliphatic rings. The molecule has 1 unspecified atom stereocenters. The van der Waals surface area contributed by atoms with E-state index < -0.39 is 17.5 Å². The molecule has 1 aliphatic heterocycles. The lowest BCUT2D eigenvalue weighted by atomic mass is 9.76. The van der Waals surface area contributed by atoms with Gasteiger partial charge in [-0.3, -0.25) is 9.59 Å². The van der Waals surface area contributed by atoms with Crippen molar-refractivity contribution >= 4 is 17.5 Å². The monoisotopic (exact) mass is 329 g/mol. The van der Waals surface area contributed by atoms with Crippen LogP contribution in [0.1, 0.15) is 53.9 Å². The summed E-state index contributed by atoms with van der Waals surface area (Å²) in [4.78, 5) is 30.5. The lowest BCUT2D eigenvalue weighted by molar-refractivity contribution is -0.153. The Bertz CT molecular complexity index is 702. The highest BCUT2D eigenvalue weighted by molar-refractivity contribution is 6.14. The van der Waals surface area contributed by atoms with Gasteiger partial charge in [0, 0.05) is 0 Å². The standard InChI is InChI=1S/C19H23NO4/c1-11-9-12(2)15(13(3)10-11)16-17(21)19(24-18(16)22)7-5-14(6-8-19)20-23-4/h9-10,16H,5-8H2,1-4H3. The van der Waals surface area contributed by atoms with Crippen LogP contribution in [-0.2, 0) is 19.2 Å². The molecule has 0 radical (unpaired) electrons. The Morgan fingerprint density at radius 2 is 1.71 bits per heavy atom. The summed E-state index contributed by atoms with van der Waals surface area (Å²) in [6, 6.07) is 4.02. The molecule has 1 heterocycles. The number of nitrogens with zero attached hydrogens (tertiary/aromatic N) is 1. The second-order valence-corrected chi connectivity index (χ2v) is 6.87. The number of oxime groups is 1. The van der Waals surface area contributed by atoms with E-state index in [-0.39, 0.29) is 5.78 Å². The number of rotatable bonds is 2. The third kappa shape index (κ3) is 2.62. The van der Waals surface area contributed by atoms with Crippen LogP contribution in [-0.4, -0.2) is 30.2 Å². The number of carbonyl (C=O) groups excluding carboxylic acids is 2. The number of ether oxygens (including phenoxy) is 1.